The van der Waals surface area contributed by atoms with Gasteiger partial charge < -0.3 is 11.1 Å². The Morgan fingerprint density at radius 3 is 2.43 bits per heavy atom. The number of amides is 2. The molecule has 2 aromatic carbocycles. The van der Waals surface area contributed by atoms with Crippen molar-refractivity contribution in [1.29, 1.82) is 0 Å². The fraction of sp³-hybridized carbons (Fsp3) is 0.333. The molecule has 1 aliphatic rings. The molecule has 2 amide bonds. The summed E-state index contributed by atoms with van der Waals surface area (Å²) in [6.45, 7) is 0.206. The number of rotatable bonds is 8. The van der Waals surface area contributed by atoms with Crippen LogP contribution in [0.4, 0.5) is 5.69 Å². The van der Waals surface area contributed by atoms with Crippen molar-refractivity contribution >= 4 is 40.9 Å². The van der Waals surface area contributed by atoms with Crippen LogP contribution in [0.1, 0.15) is 31.2 Å². The van der Waals surface area contributed by atoms with E-state index in [2.05, 4.69) is 10.6 Å². The van der Waals surface area contributed by atoms with E-state index in [-0.39, 0.29) is 29.7 Å². The van der Waals surface area contributed by atoms with Gasteiger partial charge in [0, 0.05) is 15.5 Å². The van der Waals surface area contributed by atoms with Gasteiger partial charge in [-0.1, -0.05) is 48.7 Å². The van der Waals surface area contributed by atoms with E-state index in [1.165, 1.54) is 17.3 Å². The summed E-state index contributed by atoms with van der Waals surface area (Å²) in [6.07, 6.45) is 4.24. The molecule has 0 spiro atoms. The summed E-state index contributed by atoms with van der Waals surface area (Å²) in [7, 11) is 0. The van der Waals surface area contributed by atoms with Crippen molar-refractivity contribution < 1.29 is 9.59 Å². The van der Waals surface area contributed by atoms with Crippen LogP contribution in [-0.4, -0.2) is 24.1 Å². The summed E-state index contributed by atoms with van der Waals surface area (Å²) < 4.78 is 0. The summed E-state index contributed by atoms with van der Waals surface area (Å²) in [5, 5.41) is 7.13. The number of benzene rings is 2. The number of nitrogens with one attached hydrogen (secondary N) is 2. The number of hydrogen-bond acceptors (Lipinski definition) is 4. The van der Waals surface area contributed by atoms with Crippen LogP contribution < -0.4 is 16.4 Å². The molecule has 0 unspecified atom stereocenters. The topological polar surface area (TPSA) is 84.2 Å². The van der Waals surface area contributed by atoms with Crippen LogP contribution in [0.25, 0.3) is 0 Å². The molecule has 0 radical (unpaired) electrons. The molecule has 28 heavy (non-hydrogen) atoms. The van der Waals surface area contributed by atoms with Crippen molar-refractivity contribution in [2.75, 3.05) is 17.6 Å². The molecule has 4 N–H and O–H groups in total. The highest BCUT2D eigenvalue weighted by Gasteiger charge is 2.35. The van der Waals surface area contributed by atoms with E-state index in [4.69, 9.17) is 17.3 Å². The Morgan fingerprint density at radius 2 is 1.75 bits per heavy atom. The highest BCUT2D eigenvalue weighted by molar-refractivity contribution is 8.00. The summed E-state index contributed by atoms with van der Waals surface area (Å²) in [5.74, 6) is -0.337. The molecule has 3 rings (SSSR count). The lowest BCUT2D eigenvalue weighted by Crippen LogP contribution is -2.44. The maximum absolute atomic E-state index is 12.6. The lowest BCUT2D eigenvalue weighted by molar-refractivity contribution is -0.116. The number of carbonyl (C=O) groups is 2. The van der Waals surface area contributed by atoms with Gasteiger partial charge >= 0.3 is 0 Å². The molecule has 5 nitrogen and oxygen atoms in total. The molecule has 0 saturated heterocycles. The van der Waals surface area contributed by atoms with Crippen LogP contribution in [0.5, 0.6) is 0 Å². The number of carbonyl (C=O) groups excluding carboxylic acids is 2. The number of anilines is 1. The summed E-state index contributed by atoms with van der Waals surface area (Å²) >= 11 is 7.34. The van der Waals surface area contributed by atoms with E-state index in [9.17, 15) is 9.59 Å². The molecule has 0 atom stereocenters. The molecule has 0 heterocycles. The number of nitrogens with two attached hydrogens (primary N) is 1. The van der Waals surface area contributed by atoms with Gasteiger partial charge in [0.25, 0.3) is 0 Å². The molecule has 1 fully saturated rings. The van der Waals surface area contributed by atoms with Gasteiger partial charge in [-0.15, -0.1) is 11.8 Å². The van der Waals surface area contributed by atoms with Crippen molar-refractivity contribution in [2.45, 2.75) is 36.1 Å². The Morgan fingerprint density at radius 1 is 1.07 bits per heavy atom. The fourth-order valence-corrected chi connectivity index (χ4v) is 4.48. The Labute approximate surface area is 174 Å². The van der Waals surface area contributed by atoms with E-state index in [0.29, 0.717) is 10.7 Å². The zero-order valence-corrected chi connectivity index (χ0v) is 17.1. The molecular weight excluding hydrogens is 394 g/mol. The van der Waals surface area contributed by atoms with Gasteiger partial charge in [-0.25, -0.2) is 0 Å². The number of hydrogen-bond donors (Lipinski definition) is 3. The van der Waals surface area contributed by atoms with Gasteiger partial charge in [0.15, 0.2) is 0 Å². The van der Waals surface area contributed by atoms with Crippen LogP contribution in [0.3, 0.4) is 0 Å². The predicted molar refractivity (Wildman–Crippen MR) is 115 cm³/mol. The van der Waals surface area contributed by atoms with Crippen molar-refractivity contribution in [3.63, 3.8) is 0 Å². The van der Waals surface area contributed by atoms with Crippen LogP contribution in [0.2, 0.25) is 5.02 Å². The maximum Gasteiger partial charge on any atom is 0.238 e. The molecule has 1 aliphatic carbocycles. The molecular formula is C21H24ClN3O2S. The Balaban J connectivity index is 1.65. The van der Waals surface area contributed by atoms with Gasteiger partial charge in [0.1, 0.15) is 0 Å². The Hall–Kier alpha value is -2.02. The highest BCUT2D eigenvalue weighted by atomic mass is 35.5. The lowest BCUT2D eigenvalue weighted by atomic mass is 9.88. The van der Waals surface area contributed by atoms with Crippen molar-refractivity contribution in [1.82, 2.24) is 5.32 Å². The van der Waals surface area contributed by atoms with Gasteiger partial charge in [-0.05, 0) is 42.7 Å². The first-order chi connectivity index (χ1) is 13.5. The van der Waals surface area contributed by atoms with E-state index in [1.807, 2.05) is 48.5 Å². The van der Waals surface area contributed by atoms with E-state index >= 15 is 0 Å². The van der Waals surface area contributed by atoms with Crippen molar-refractivity contribution in [3.05, 3.63) is 59.1 Å². The standard InChI is InChI=1S/C21H24ClN3O2S/c22-16-9-7-15(8-10-16)21(11-3-4-12-21)24-13-20(27)25-17-5-1-2-6-18(17)28-14-19(23)26/h1-2,5-10,24H,3-4,11-14H2,(H2,23,26)(H,25,27). The third-order valence-corrected chi connectivity index (χ3v) is 6.32. The van der Waals surface area contributed by atoms with Crippen molar-refractivity contribution in [2.24, 2.45) is 5.73 Å². The molecule has 1 saturated carbocycles. The third-order valence-electron chi connectivity index (χ3n) is 4.97. The van der Waals surface area contributed by atoms with Crippen LogP contribution in [0.15, 0.2) is 53.4 Å². The second-order valence-corrected chi connectivity index (χ2v) is 8.40. The number of thioether (sulfide) groups is 1. The van der Waals surface area contributed by atoms with Crippen molar-refractivity contribution in [3.8, 4) is 0 Å². The third kappa shape index (κ3) is 5.28. The molecule has 0 aromatic heterocycles. The predicted octanol–water partition coefficient (Wildman–Crippen LogP) is 3.92. The first kappa shape index (κ1) is 20.7. The van der Waals surface area contributed by atoms with Gasteiger partial charge in [-0.3, -0.25) is 14.9 Å². The first-order valence-electron chi connectivity index (χ1n) is 9.30. The normalized spacial score (nSPS) is 15.3. The highest BCUT2D eigenvalue weighted by Crippen LogP contribution is 2.39. The number of primary amides is 1. The van der Waals surface area contributed by atoms with E-state index in [0.717, 1.165) is 30.6 Å². The van der Waals surface area contributed by atoms with Gasteiger partial charge in [-0.2, -0.15) is 0 Å². The average molecular weight is 418 g/mol. The minimum Gasteiger partial charge on any atom is -0.369 e. The number of halogens is 1. The zero-order valence-electron chi connectivity index (χ0n) is 15.5. The van der Waals surface area contributed by atoms with Crippen LogP contribution >= 0.6 is 23.4 Å². The lowest BCUT2D eigenvalue weighted by Gasteiger charge is -2.31. The first-order valence-corrected chi connectivity index (χ1v) is 10.7. The smallest absolute Gasteiger partial charge is 0.238 e. The van der Waals surface area contributed by atoms with Crippen LogP contribution in [-0.2, 0) is 15.1 Å². The molecule has 0 bridgehead atoms. The summed E-state index contributed by atoms with van der Waals surface area (Å²) in [6, 6.07) is 15.3. The quantitative estimate of drug-likeness (QED) is 0.568. The second-order valence-electron chi connectivity index (χ2n) is 6.95. The molecule has 148 valence electrons. The van der Waals surface area contributed by atoms with E-state index in [1.54, 1.807) is 0 Å². The fourth-order valence-electron chi connectivity index (χ4n) is 3.60. The largest absolute Gasteiger partial charge is 0.369 e. The Bertz CT molecular complexity index is 836. The zero-order chi connectivity index (χ0) is 20.0. The molecule has 2 aromatic rings. The van der Waals surface area contributed by atoms with Gasteiger partial charge in [0.2, 0.25) is 11.8 Å². The summed E-state index contributed by atoms with van der Waals surface area (Å²) in [4.78, 5) is 24.5. The molecule has 0 aliphatic heterocycles. The second kappa shape index (κ2) is 9.45. The molecule has 7 heteroatoms. The van der Waals surface area contributed by atoms with Gasteiger partial charge in [0.05, 0.1) is 18.0 Å². The minimum absolute atomic E-state index is 0.118. The maximum atomic E-state index is 12.6. The SMILES string of the molecule is NC(=O)CSc1ccccc1NC(=O)CNC1(c2ccc(Cl)cc2)CCCC1. The average Bonchev–Trinajstić information content (AvgIpc) is 3.16. The number of para-hydroxylation sites is 1. The minimum atomic E-state index is -0.390. The van der Waals surface area contributed by atoms with Crippen LogP contribution in [0, 0.1) is 0 Å². The monoisotopic (exact) mass is 417 g/mol. The Kier molecular flexibility index (Phi) is 6.99. The summed E-state index contributed by atoms with van der Waals surface area (Å²) in [5.41, 5.74) is 6.88. The van der Waals surface area contributed by atoms with E-state index < -0.39 is 0 Å².